The van der Waals surface area contributed by atoms with Crippen LogP contribution in [0.1, 0.15) is 99.0 Å². The van der Waals surface area contributed by atoms with Crippen LogP contribution in [0.15, 0.2) is 48.6 Å². The van der Waals surface area contributed by atoms with E-state index in [1.54, 1.807) is 56.6 Å². The summed E-state index contributed by atoms with van der Waals surface area (Å²) in [6.07, 6.45) is 7.26. The average molecular weight is 1020 g/mol. The summed E-state index contributed by atoms with van der Waals surface area (Å²) in [5, 5.41) is 14.8. The van der Waals surface area contributed by atoms with Gasteiger partial charge in [0, 0.05) is 69.9 Å². The van der Waals surface area contributed by atoms with Gasteiger partial charge < -0.3 is 44.5 Å². The van der Waals surface area contributed by atoms with E-state index < -0.39 is 29.2 Å². The third-order valence-corrected chi connectivity index (χ3v) is 13.1. The van der Waals surface area contributed by atoms with Crippen LogP contribution in [0.3, 0.4) is 0 Å². The van der Waals surface area contributed by atoms with Gasteiger partial charge >= 0.3 is 0 Å². The van der Waals surface area contributed by atoms with Crippen molar-refractivity contribution >= 4 is 63.5 Å². The normalized spacial score (nSPS) is 14.5. The van der Waals surface area contributed by atoms with E-state index in [4.69, 9.17) is 41.5 Å². The number of methoxy groups -OCH3 is 1. The maximum atomic E-state index is 14.0. The van der Waals surface area contributed by atoms with Crippen LogP contribution >= 0.6 is 0 Å². The Morgan fingerprint density at radius 3 is 1.81 bits per heavy atom. The fourth-order valence-corrected chi connectivity index (χ4v) is 9.63. The van der Waals surface area contributed by atoms with Gasteiger partial charge in [0.15, 0.2) is 0 Å². The first kappa shape index (κ1) is 52.6. The van der Waals surface area contributed by atoms with Crippen molar-refractivity contribution in [1.29, 1.82) is 0 Å². The minimum Gasteiger partial charge on any atom is -0.494 e. The smallest absolute Gasteiger partial charge is 0.276 e. The summed E-state index contributed by atoms with van der Waals surface area (Å²) in [6, 6.07) is 9.55. The Bertz CT molecular complexity index is 3090. The molecule has 24 nitrogen and oxygen atoms in total. The van der Waals surface area contributed by atoms with Crippen LogP contribution in [0.5, 0.6) is 11.5 Å². The number of amides is 5. The number of nitrogens with one attached hydrogen (secondary N) is 2. The van der Waals surface area contributed by atoms with E-state index in [9.17, 15) is 24.0 Å². The number of hydrogen-bond donors (Lipinski definition) is 5. The number of benzene rings is 2. The van der Waals surface area contributed by atoms with Gasteiger partial charge in [0.2, 0.25) is 29.6 Å². The van der Waals surface area contributed by atoms with Gasteiger partial charge in [-0.25, -0.2) is 15.9 Å². The van der Waals surface area contributed by atoms with E-state index in [0.717, 1.165) is 19.3 Å². The molecule has 394 valence electrons. The van der Waals surface area contributed by atoms with E-state index in [0.29, 0.717) is 128 Å². The SMILES string of the molecule is CCn1nc(C)cc1C(=O)Nc1nc2cc(C(N)=O)cc(OC)c2n1C/C=C/Cn1c(NC(=O)c2cc(C)nn2CC)nc2cc(C(N)=O)cc(OCCCN3CC4(C3)CN(C(=O)CCCCCON)CCO4)c21. The minimum atomic E-state index is -0.686. The van der Waals surface area contributed by atoms with Gasteiger partial charge in [-0.2, -0.15) is 10.2 Å². The number of nitrogens with two attached hydrogens (primary N) is 3. The zero-order valence-electron chi connectivity index (χ0n) is 42.5. The van der Waals surface area contributed by atoms with E-state index in [1.807, 2.05) is 30.9 Å². The Hall–Kier alpha value is -7.67. The summed E-state index contributed by atoms with van der Waals surface area (Å²) >= 11 is 0. The van der Waals surface area contributed by atoms with Crippen molar-refractivity contribution < 1.29 is 43.0 Å². The summed E-state index contributed by atoms with van der Waals surface area (Å²) in [5.74, 6) is 3.96. The molecular weight excluding hydrogens is 955 g/mol. The van der Waals surface area contributed by atoms with Gasteiger partial charge in [-0.15, -0.1) is 0 Å². The van der Waals surface area contributed by atoms with Crippen molar-refractivity contribution in [3.8, 4) is 11.5 Å². The van der Waals surface area contributed by atoms with E-state index in [2.05, 4.69) is 30.6 Å². The molecule has 2 fully saturated rings. The van der Waals surface area contributed by atoms with Crippen LogP contribution in [-0.4, -0.2) is 143 Å². The van der Waals surface area contributed by atoms with Crippen molar-refractivity contribution in [2.75, 3.05) is 70.3 Å². The average Bonchev–Trinajstić information content (AvgIpc) is 4.14. The quantitative estimate of drug-likeness (QED) is 0.0329. The van der Waals surface area contributed by atoms with Gasteiger partial charge in [0.05, 0.1) is 55.9 Å². The lowest BCUT2D eigenvalue weighted by atomic mass is 9.91. The Morgan fingerprint density at radius 1 is 0.730 bits per heavy atom. The fourth-order valence-electron chi connectivity index (χ4n) is 9.63. The molecule has 2 saturated heterocycles. The number of imidazole rings is 2. The Balaban J connectivity index is 1.04. The number of ether oxygens (including phenoxy) is 3. The van der Waals surface area contributed by atoms with E-state index >= 15 is 0 Å². The monoisotopic (exact) mass is 1020 g/mol. The summed E-state index contributed by atoms with van der Waals surface area (Å²) in [6.45, 7) is 13.0. The largest absolute Gasteiger partial charge is 0.494 e. The fraction of sp³-hybridized carbons (Fsp3) is 0.460. The molecule has 0 bridgehead atoms. The minimum absolute atomic E-state index is 0.133. The molecule has 0 atom stereocenters. The number of carbonyl (C=O) groups is 5. The number of unbranched alkanes of at least 4 members (excludes halogenated alkanes) is 2. The topological polar surface area (TPSA) is 302 Å². The molecule has 0 aliphatic carbocycles. The van der Waals surface area contributed by atoms with Crippen LogP contribution < -0.4 is 37.5 Å². The summed E-state index contributed by atoms with van der Waals surface area (Å²) in [5.41, 5.74) is 15.1. The second kappa shape index (κ2) is 23.0. The predicted molar refractivity (Wildman–Crippen MR) is 274 cm³/mol. The maximum Gasteiger partial charge on any atom is 0.276 e. The Morgan fingerprint density at radius 2 is 1.28 bits per heavy atom. The number of carbonyl (C=O) groups excluding carboxylic acids is 5. The number of morpholine rings is 1. The molecule has 1 spiro atoms. The van der Waals surface area contributed by atoms with Gasteiger partial charge in [-0.3, -0.25) is 48.9 Å². The van der Waals surface area contributed by atoms with Crippen molar-refractivity contribution in [3.63, 3.8) is 0 Å². The molecule has 24 heteroatoms. The highest BCUT2D eigenvalue weighted by Gasteiger charge is 2.47. The molecule has 6 aromatic rings. The number of hydrogen-bond acceptors (Lipinski definition) is 15. The number of aryl methyl sites for hydroxylation is 4. The highest BCUT2D eigenvalue weighted by Crippen LogP contribution is 2.34. The molecule has 8 rings (SSSR count). The molecule has 0 saturated carbocycles. The van der Waals surface area contributed by atoms with Gasteiger partial charge in [0.1, 0.15) is 39.5 Å². The molecule has 74 heavy (non-hydrogen) atoms. The first-order chi connectivity index (χ1) is 35.6. The lowest BCUT2D eigenvalue weighted by molar-refractivity contribution is -0.189. The summed E-state index contributed by atoms with van der Waals surface area (Å²) in [7, 11) is 1.46. The lowest BCUT2D eigenvalue weighted by Gasteiger charge is -2.54. The number of primary amides is 2. The number of anilines is 2. The first-order valence-corrected chi connectivity index (χ1v) is 24.8. The Kier molecular flexibility index (Phi) is 16.4. The molecular formula is C50H65N15O9. The lowest BCUT2D eigenvalue weighted by Crippen LogP contribution is -2.70. The van der Waals surface area contributed by atoms with Gasteiger partial charge in [-0.05, 0) is 83.4 Å². The van der Waals surface area contributed by atoms with Crippen LogP contribution in [0.25, 0.3) is 22.1 Å². The molecule has 0 radical (unpaired) electrons. The summed E-state index contributed by atoms with van der Waals surface area (Å²) in [4.78, 5) is 84.2. The predicted octanol–water partition coefficient (Wildman–Crippen LogP) is 3.54. The zero-order valence-corrected chi connectivity index (χ0v) is 42.5. The van der Waals surface area contributed by atoms with Crippen LogP contribution in [0.4, 0.5) is 11.9 Å². The van der Waals surface area contributed by atoms with E-state index in [1.165, 1.54) is 19.2 Å². The third-order valence-electron chi connectivity index (χ3n) is 13.1. The number of nitrogens with zero attached hydrogens (tertiary/aromatic N) is 10. The molecule has 6 heterocycles. The van der Waals surface area contributed by atoms with Gasteiger partial charge in [-0.1, -0.05) is 18.6 Å². The second-order valence-corrected chi connectivity index (χ2v) is 18.5. The highest BCUT2D eigenvalue weighted by atomic mass is 16.6. The number of likely N-dealkylation sites (tertiary alicyclic amines) is 1. The van der Waals surface area contributed by atoms with Crippen LogP contribution in [0, 0.1) is 13.8 Å². The van der Waals surface area contributed by atoms with Crippen molar-refractivity contribution in [2.45, 2.75) is 91.6 Å². The standard InChI is InChI=1S/C50H65N15O9/c1-6-64-37(22-31(3)58-64)46(69)56-48-54-35-24-33(44(51)67)26-39(71-5)42(35)62(48)16-10-11-17-63-43-36(55-49(63)57-47(70)38-23-32(4)59-65(38)7-2)25-34(45(52)68)27-40(43)72-19-13-15-60-28-50(29-60)30-61(18-21-73-50)41(66)14-9-8-12-20-74-53/h10-11,22-27H,6-9,12-21,28-30,53H2,1-5H3,(H2,51,67)(H2,52,68)(H,54,56,69)(H,55,57,70)/b11-10+. The number of rotatable bonds is 24. The molecule has 2 aliphatic heterocycles. The first-order valence-electron chi connectivity index (χ1n) is 24.8. The van der Waals surface area contributed by atoms with E-state index in [-0.39, 0.29) is 48.6 Å². The number of aromatic nitrogens is 8. The van der Waals surface area contributed by atoms with Crippen LogP contribution in [0.2, 0.25) is 0 Å². The molecule has 5 amide bonds. The van der Waals surface area contributed by atoms with Crippen molar-refractivity contribution in [1.82, 2.24) is 48.5 Å². The molecule has 8 N–H and O–H groups in total. The third kappa shape index (κ3) is 11.6. The molecule has 2 aromatic carbocycles. The number of fused-ring (bicyclic) bond motifs is 2. The van der Waals surface area contributed by atoms with Crippen LogP contribution in [-0.2, 0) is 40.5 Å². The zero-order chi connectivity index (χ0) is 52.7. The molecule has 2 aliphatic rings. The summed E-state index contributed by atoms with van der Waals surface area (Å²) < 4.78 is 25.1. The maximum absolute atomic E-state index is 14.0. The van der Waals surface area contributed by atoms with Crippen molar-refractivity contribution in [2.24, 2.45) is 17.4 Å². The molecule has 4 aromatic heterocycles. The highest BCUT2D eigenvalue weighted by molar-refractivity contribution is 6.05. The molecule has 0 unspecified atom stereocenters. The Labute approximate surface area is 427 Å². The second-order valence-electron chi connectivity index (χ2n) is 18.5. The van der Waals surface area contributed by atoms with Crippen molar-refractivity contribution in [3.05, 3.63) is 82.5 Å². The number of allylic oxidation sites excluding steroid dienone is 2. The van der Waals surface area contributed by atoms with Gasteiger partial charge in [0.25, 0.3) is 11.8 Å².